The van der Waals surface area contributed by atoms with Crippen molar-refractivity contribution in [1.82, 2.24) is 5.32 Å². The van der Waals surface area contributed by atoms with E-state index in [0.717, 1.165) is 11.3 Å². The Morgan fingerprint density at radius 3 is 2.53 bits per heavy atom. The first kappa shape index (κ1) is 21.8. The number of anilines is 1. The average Bonchev–Trinajstić information content (AvgIpc) is 2.71. The van der Waals surface area contributed by atoms with Gasteiger partial charge < -0.3 is 15.0 Å². The predicted molar refractivity (Wildman–Crippen MR) is 113 cm³/mol. The Balaban J connectivity index is 1.45. The normalized spacial score (nSPS) is 15.8. The fraction of sp³-hybridized carbons (Fsp3) is 0.333. The van der Waals surface area contributed by atoms with Gasteiger partial charge in [-0.2, -0.15) is 0 Å². The van der Waals surface area contributed by atoms with Crippen molar-refractivity contribution in [2.45, 2.75) is 37.2 Å². The molecular formula is C21H25N3O5S. The molecule has 30 heavy (non-hydrogen) atoms. The van der Waals surface area contributed by atoms with Gasteiger partial charge in [-0.3, -0.25) is 9.59 Å². The van der Waals surface area contributed by atoms with Crippen LogP contribution >= 0.6 is 0 Å². The van der Waals surface area contributed by atoms with Crippen molar-refractivity contribution in [1.29, 1.82) is 0 Å². The molecule has 0 spiro atoms. The maximum absolute atomic E-state index is 12.7. The van der Waals surface area contributed by atoms with Gasteiger partial charge in [-0.25, -0.2) is 13.6 Å². The second kappa shape index (κ2) is 9.27. The zero-order chi connectivity index (χ0) is 21.7. The molecule has 2 amide bonds. The standard InChI is InChI=1S/C21H25N3O5S/c1-15-14-24(18-4-2-3-5-19(18)29-15)21(26)11-10-20(25)23-13-12-16-6-8-17(9-7-16)30(22,27)28/h2-9,15H,10-14H2,1H3,(H,23,25)(H2,22,27,28). The molecule has 0 aliphatic carbocycles. The number of nitrogens with two attached hydrogens (primary N) is 1. The van der Waals surface area contributed by atoms with E-state index in [1.165, 1.54) is 12.1 Å². The minimum Gasteiger partial charge on any atom is -0.487 e. The molecule has 3 rings (SSSR count). The number of fused-ring (bicyclic) bond motifs is 1. The van der Waals surface area contributed by atoms with E-state index >= 15 is 0 Å². The summed E-state index contributed by atoms with van der Waals surface area (Å²) in [6.07, 6.45) is 0.629. The average molecular weight is 432 g/mol. The molecule has 0 fully saturated rings. The molecule has 0 saturated heterocycles. The summed E-state index contributed by atoms with van der Waals surface area (Å²) < 4.78 is 28.3. The molecule has 8 nitrogen and oxygen atoms in total. The lowest BCUT2D eigenvalue weighted by Gasteiger charge is -2.33. The van der Waals surface area contributed by atoms with Crippen LogP contribution in [0.2, 0.25) is 0 Å². The highest BCUT2D eigenvalue weighted by Gasteiger charge is 2.27. The molecule has 1 unspecified atom stereocenters. The quantitative estimate of drug-likeness (QED) is 0.690. The Kier molecular flexibility index (Phi) is 6.73. The molecule has 2 aromatic carbocycles. The van der Waals surface area contributed by atoms with E-state index in [-0.39, 0.29) is 35.7 Å². The number of para-hydroxylation sites is 2. The highest BCUT2D eigenvalue weighted by molar-refractivity contribution is 7.89. The minimum absolute atomic E-state index is 0.0489. The van der Waals surface area contributed by atoms with Crippen molar-refractivity contribution >= 4 is 27.5 Å². The van der Waals surface area contributed by atoms with E-state index in [9.17, 15) is 18.0 Å². The Labute approximate surface area is 176 Å². The molecule has 9 heteroatoms. The second-order valence-electron chi connectivity index (χ2n) is 7.19. The zero-order valence-electron chi connectivity index (χ0n) is 16.7. The maximum Gasteiger partial charge on any atom is 0.238 e. The highest BCUT2D eigenvalue weighted by Crippen LogP contribution is 2.33. The first-order chi connectivity index (χ1) is 14.2. The Bertz CT molecular complexity index is 1020. The molecule has 1 aliphatic rings. The topological polar surface area (TPSA) is 119 Å². The van der Waals surface area contributed by atoms with Crippen LogP contribution in [0.1, 0.15) is 25.3 Å². The van der Waals surface area contributed by atoms with Gasteiger partial charge in [0.15, 0.2) is 0 Å². The Morgan fingerprint density at radius 2 is 1.83 bits per heavy atom. The van der Waals surface area contributed by atoms with Crippen molar-refractivity contribution in [2.24, 2.45) is 5.14 Å². The number of nitrogens with zero attached hydrogens (tertiary/aromatic N) is 1. The smallest absolute Gasteiger partial charge is 0.238 e. The number of benzene rings is 2. The van der Waals surface area contributed by atoms with E-state index in [4.69, 9.17) is 9.88 Å². The predicted octanol–water partition coefficient (Wildman–Crippen LogP) is 1.59. The van der Waals surface area contributed by atoms with Gasteiger partial charge in [0.1, 0.15) is 11.9 Å². The minimum atomic E-state index is -3.71. The van der Waals surface area contributed by atoms with Crippen LogP contribution in [0.3, 0.4) is 0 Å². The number of amides is 2. The molecule has 0 bridgehead atoms. The van der Waals surface area contributed by atoms with Crippen molar-refractivity contribution in [3.8, 4) is 5.75 Å². The van der Waals surface area contributed by atoms with E-state index in [2.05, 4.69) is 5.32 Å². The van der Waals surface area contributed by atoms with Crippen molar-refractivity contribution in [3.63, 3.8) is 0 Å². The summed E-state index contributed by atoms with van der Waals surface area (Å²) in [6.45, 7) is 2.74. The van der Waals surface area contributed by atoms with E-state index in [1.54, 1.807) is 17.0 Å². The first-order valence-electron chi connectivity index (χ1n) is 9.68. The van der Waals surface area contributed by atoms with E-state index in [1.807, 2.05) is 31.2 Å². The van der Waals surface area contributed by atoms with Gasteiger partial charge in [0.2, 0.25) is 21.8 Å². The third-order valence-corrected chi connectivity index (χ3v) is 5.71. The molecule has 0 radical (unpaired) electrons. The largest absolute Gasteiger partial charge is 0.487 e. The Morgan fingerprint density at radius 1 is 1.13 bits per heavy atom. The number of ether oxygens (including phenoxy) is 1. The lowest BCUT2D eigenvalue weighted by atomic mass is 10.1. The van der Waals surface area contributed by atoms with Crippen LogP contribution in [-0.4, -0.2) is 39.4 Å². The van der Waals surface area contributed by atoms with Gasteiger partial charge in [0.25, 0.3) is 0 Å². The fourth-order valence-electron chi connectivity index (χ4n) is 3.26. The van der Waals surface area contributed by atoms with E-state index < -0.39 is 10.0 Å². The summed E-state index contributed by atoms with van der Waals surface area (Å²) in [5.74, 6) is 0.341. The molecule has 1 heterocycles. The number of carbonyl (C=O) groups is 2. The van der Waals surface area contributed by atoms with Crippen molar-refractivity contribution in [3.05, 3.63) is 54.1 Å². The van der Waals surface area contributed by atoms with Gasteiger partial charge in [0, 0.05) is 19.4 Å². The number of sulfonamides is 1. The van der Waals surface area contributed by atoms with Gasteiger partial charge >= 0.3 is 0 Å². The molecule has 0 saturated carbocycles. The number of carbonyl (C=O) groups excluding carboxylic acids is 2. The van der Waals surface area contributed by atoms with Gasteiger partial charge in [-0.05, 0) is 43.2 Å². The molecule has 2 aromatic rings. The molecular weight excluding hydrogens is 406 g/mol. The van der Waals surface area contributed by atoms with Crippen LogP contribution < -0.4 is 20.1 Å². The monoisotopic (exact) mass is 431 g/mol. The van der Waals surface area contributed by atoms with Gasteiger partial charge in [-0.15, -0.1) is 0 Å². The molecule has 1 atom stereocenters. The maximum atomic E-state index is 12.7. The van der Waals surface area contributed by atoms with Crippen molar-refractivity contribution < 1.29 is 22.7 Å². The van der Waals surface area contributed by atoms with Crippen molar-refractivity contribution in [2.75, 3.05) is 18.0 Å². The number of primary sulfonamides is 1. The summed E-state index contributed by atoms with van der Waals surface area (Å²) in [7, 11) is -3.71. The molecule has 3 N–H and O–H groups in total. The lowest BCUT2D eigenvalue weighted by molar-refractivity contribution is -0.125. The SMILES string of the molecule is CC1CN(C(=O)CCC(=O)NCCc2ccc(S(N)(=O)=O)cc2)c2ccccc2O1. The third-order valence-electron chi connectivity index (χ3n) is 4.78. The van der Waals surface area contributed by atoms with Crippen LogP contribution in [0.4, 0.5) is 5.69 Å². The summed E-state index contributed by atoms with van der Waals surface area (Å²) in [5.41, 5.74) is 1.60. The van der Waals surface area contributed by atoms with Gasteiger partial charge in [0.05, 0.1) is 17.1 Å². The van der Waals surface area contributed by atoms with E-state index in [0.29, 0.717) is 25.3 Å². The highest BCUT2D eigenvalue weighted by atomic mass is 32.2. The summed E-state index contributed by atoms with van der Waals surface area (Å²) in [6, 6.07) is 13.6. The molecule has 0 aromatic heterocycles. The number of hydrogen-bond donors (Lipinski definition) is 2. The number of hydrogen-bond acceptors (Lipinski definition) is 5. The van der Waals surface area contributed by atoms with Crippen LogP contribution in [0.15, 0.2) is 53.4 Å². The lowest BCUT2D eigenvalue weighted by Crippen LogP contribution is -2.42. The Hall–Kier alpha value is -2.91. The van der Waals surface area contributed by atoms with Crippen LogP contribution in [0, 0.1) is 0 Å². The zero-order valence-corrected chi connectivity index (χ0v) is 17.5. The first-order valence-corrected chi connectivity index (χ1v) is 11.2. The number of rotatable bonds is 7. The fourth-order valence-corrected chi connectivity index (χ4v) is 3.78. The van der Waals surface area contributed by atoms with Crippen LogP contribution in [0.25, 0.3) is 0 Å². The molecule has 1 aliphatic heterocycles. The second-order valence-corrected chi connectivity index (χ2v) is 8.75. The third kappa shape index (κ3) is 5.58. The van der Waals surface area contributed by atoms with Gasteiger partial charge in [-0.1, -0.05) is 24.3 Å². The van der Waals surface area contributed by atoms with Crippen LogP contribution in [0.5, 0.6) is 5.75 Å². The summed E-state index contributed by atoms with van der Waals surface area (Å²) in [5, 5.41) is 7.85. The summed E-state index contributed by atoms with van der Waals surface area (Å²) in [4.78, 5) is 26.5. The molecule has 160 valence electrons. The van der Waals surface area contributed by atoms with Crippen LogP contribution in [-0.2, 0) is 26.0 Å². The number of nitrogens with one attached hydrogen (secondary N) is 1. The summed E-state index contributed by atoms with van der Waals surface area (Å²) >= 11 is 0.